The molecule has 114 valence electrons. The Labute approximate surface area is 122 Å². The SMILES string of the molecule is CCOCCOC(C)C(=O)N1CCCC1CNC.Cl. The predicted molar refractivity (Wildman–Crippen MR) is 77.8 cm³/mol. The van der Waals surface area contributed by atoms with E-state index >= 15 is 0 Å². The van der Waals surface area contributed by atoms with Crippen LogP contribution in [0.1, 0.15) is 26.7 Å². The number of carbonyl (C=O) groups is 1. The largest absolute Gasteiger partial charge is 0.379 e. The van der Waals surface area contributed by atoms with Crippen LogP contribution in [0.15, 0.2) is 0 Å². The second-order valence-corrected chi connectivity index (χ2v) is 4.60. The third kappa shape index (κ3) is 6.08. The molecule has 6 heteroatoms. The van der Waals surface area contributed by atoms with Crippen molar-refractivity contribution < 1.29 is 14.3 Å². The lowest BCUT2D eigenvalue weighted by molar-refractivity contribution is -0.144. The molecule has 1 fully saturated rings. The summed E-state index contributed by atoms with van der Waals surface area (Å²) >= 11 is 0. The van der Waals surface area contributed by atoms with E-state index in [1.54, 1.807) is 0 Å². The average Bonchev–Trinajstić information content (AvgIpc) is 2.82. The van der Waals surface area contributed by atoms with E-state index in [9.17, 15) is 4.79 Å². The monoisotopic (exact) mass is 294 g/mol. The number of nitrogens with zero attached hydrogens (tertiary/aromatic N) is 1. The molecule has 0 radical (unpaired) electrons. The lowest BCUT2D eigenvalue weighted by Gasteiger charge is -2.27. The van der Waals surface area contributed by atoms with Gasteiger partial charge in [0.15, 0.2) is 0 Å². The number of likely N-dealkylation sites (tertiary alicyclic amines) is 1. The van der Waals surface area contributed by atoms with E-state index in [1.807, 2.05) is 25.8 Å². The first-order valence-corrected chi connectivity index (χ1v) is 6.85. The van der Waals surface area contributed by atoms with Gasteiger partial charge in [0, 0.05) is 25.7 Å². The van der Waals surface area contributed by atoms with Gasteiger partial charge in [-0.25, -0.2) is 0 Å². The molecule has 1 rings (SSSR count). The molecule has 2 atom stereocenters. The molecule has 1 heterocycles. The van der Waals surface area contributed by atoms with E-state index in [0.717, 1.165) is 25.9 Å². The Balaban J connectivity index is 0.00000324. The third-order valence-electron chi connectivity index (χ3n) is 3.25. The van der Waals surface area contributed by atoms with Crippen LogP contribution in [0.4, 0.5) is 0 Å². The van der Waals surface area contributed by atoms with Gasteiger partial charge in [-0.2, -0.15) is 0 Å². The topological polar surface area (TPSA) is 50.8 Å². The summed E-state index contributed by atoms with van der Waals surface area (Å²) in [5.41, 5.74) is 0. The van der Waals surface area contributed by atoms with Crippen molar-refractivity contribution in [3.63, 3.8) is 0 Å². The Morgan fingerprint density at radius 2 is 2.21 bits per heavy atom. The highest BCUT2D eigenvalue weighted by Gasteiger charge is 2.31. The van der Waals surface area contributed by atoms with Crippen molar-refractivity contribution >= 4 is 18.3 Å². The zero-order valence-corrected chi connectivity index (χ0v) is 13.0. The summed E-state index contributed by atoms with van der Waals surface area (Å²) in [5, 5.41) is 3.14. The number of ether oxygens (including phenoxy) is 2. The molecular formula is C13H27ClN2O3. The van der Waals surface area contributed by atoms with Gasteiger partial charge in [0.1, 0.15) is 6.10 Å². The van der Waals surface area contributed by atoms with Crippen molar-refractivity contribution in [2.75, 3.05) is 40.0 Å². The quantitative estimate of drug-likeness (QED) is 0.680. The molecular weight excluding hydrogens is 268 g/mol. The first kappa shape index (κ1) is 18.6. The van der Waals surface area contributed by atoms with Crippen LogP contribution in [0.2, 0.25) is 0 Å². The van der Waals surface area contributed by atoms with Gasteiger partial charge >= 0.3 is 0 Å². The van der Waals surface area contributed by atoms with E-state index in [0.29, 0.717) is 25.9 Å². The van der Waals surface area contributed by atoms with Crippen molar-refractivity contribution in [2.45, 2.75) is 38.8 Å². The summed E-state index contributed by atoms with van der Waals surface area (Å²) in [4.78, 5) is 14.2. The Kier molecular flexibility index (Phi) is 10.2. The van der Waals surface area contributed by atoms with Crippen molar-refractivity contribution in [3.05, 3.63) is 0 Å². The van der Waals surface area contributed by atoms with Gasteiger partial charge in [-0.05, 0) is 33.7 Å². The van der Waals surface area contributed by atoms with Crippen molar-refractivity contribution in [1.29, 1.82) is 0 Å². The van der Waals surface area contributed by atoms with Gasteiger partial charge in [0.2, 0.25) is 0 Å². The highest BCUT2D eigenvalue weighted by molar-refractivity contribution is 5.85. The molecule has 0 saturated carbocycles. The summed E-state index contributed by atoms with van der Waals surface area (Å²) < 4.78 is 10.7. The molecule has 19 heavy (non-hydrogen) atoms. The number of rotatable bonds is 8. The van der Waals surface area contributed by atoms with Gasteiger partial charge in [-0.3, -0.25) is 4.79 Å². The second-order valence-electron chi connectivity index (χ2n) is 4.60. The normalized spacial score (nSPS) is 20.2. The molecule has 0 aliphatic carbocycles. The van der Waals surface area contributed by atoms with E-state index in [1.165, 1.54) is 0 Å². The molecule has 2 unspecified atom stereocenters. The highest BCUT2D eigenvalue weighted by atomic mass is 35.5. The number of likely N-dealkylation sites (N-methyl/N-ethyl adjacent to an activating group) is 1. The van der Waals surface area contributed by atoms with Crippen LogP contribution < -0.4 is 5.32 Å². The van der Waals surface area contributed by atoms with E-state index in [-0.39, 0.29) is 24.4 Å². The average molecular weight is 295 g/mol. The van der Waals surface area contributed by atoms with Crippen LogP contribution in [0.3, 0.4) is 0 Å². The fraction of sp³-hybridized carbons (Fsp3) is 0.923. The zero-order valence-electron chi connectivity index (χ0n) is 12.2. The van der Waals surface area contributed by atoms with Crippen molar-refractivity contribution in [2.24, 2.45) is 0 Å². The maximum Gasteiger partial charge on any atom is 0.251 e. The van der Waals surface area contributed by atoms with Gasteiger partial charge in [-0.1, -0.05) is 0 Å². The molecule has 0 bridgehead atoms. The minimum atomic E-state index is -0.372. The van der Waals surface area contributed by atoms with Crippen molar-refractivity contribution in [1.82, 2.24) is 10.2 Å². The number of carbonyl (C=O) groups excluding carboxylic acids is 1. The lowest BCUT2D eigenvalue weighted by atomic mass is 10.2. The molecule has 1 amide bonds. The maximum atomic E-state index is 12.2. The minimum absolute atomic E-state index is 0. The number of hydrogen-bond donors (Lipinski definition) is 1. The second kappa shape index (κ2) is 10.4. The Bertz CT molecular complexity index is 254. The summed E-state index contributed by atoms with van der Waals surface area (Å²) in [6, 6.07) is 0.320. The van der Waals surface area contributed by atoms with Crippen LogP contribution in [-0.2, 0) is 14.3 Å². The predicted octanol–water partition coefficient (Wildman–Crippen LogP) is 1.06. The van der Waals surface area contributed by atoms with Crippen LogP contribution in [0.25, 0.3) is 0 Å². The van der Waals surface area contributed by atoms with Crippen LogP contribution in [0, 0.1) is 0 Å². The molecule has 1 aliphatic rings. The van der Waals surface area contributed by atoms with Gasteiger partial charge in [-0.15, -0.1) is 12.4 Å². The zero-order chi connectivity index (χ0) is 13.4. The van der Waals surface area contributed by atoms with Gasteiger partial charge in [0.05, 0.1) is 13.2 Å². The standard InChI is InChI=1S/C13H26N2O3.ClH/c1-4-17-8-9-18-11(2)13(16)15-7-5-6-12(15)10-14-3;/h11-12,14H,4-10H2,1-3H3;1H. The lowest BCUT2D eigenvalue weighted by Crippen LogP contribution is -2.45. The summed E-state index contributed by atoms with van der Waals surface area (Å²) in [6.45, 7) is 7.19. The summed E-state index contributed by atoms with van der Waals surface area (Å²) in [7, 11) is 1.92. The molecule has 5 nitrogen and oxygen atoms in total. The molecule has 0 spiro atoms. The summed E-state index contributed by atoms with van der Waals surface area (Å²) in [5.74, 6) is 0.101. The van der Waals surface area contributed by atoms with Crippen LogP contribution in [-0.4, -0.2) is 62.9 Å². The number of hydrogen-bond acceptors (Lipinski definition) is 4. The minimum Gasteiger partial charge on any atom is -0.379 e. The van der Waals surface area contributed by atoms with Gasteiger partial charge in [0.25, 0.3) is 5.91 Å². The van der Waals surface area contributed by atoms with Crippen LogP contribution in [0.5, 0.6) is 0 Å². The van der Waals surface area contributed by atoms with E-state index in [2.05, 4.69) is 5.32 Å². The highest BCUT2D eigenvalue weighted by Crippen LogP contribution is 2.18. The molecule has 1 aliphatic heterocycles. The van der Waals surface area contributed by atoms with Crippen molar-refractivity contribution in [3.8, 4) is 0 Å². The number of halogens is 1. The fourth-order valence-electron chi connectivity index (χ4n) is 2.31. The Morgan fingerprint density at radius 1 is 1.47 bits per heavy atom. The molecule has 1 saturated heterocycles. The molecule has 0 aromatic rings. The molecule has 0 aromatic carbocycles. The first-order valence-electron chi connectivity index (χ1n) is 6.85. The maximum absolute atomic E-state index is 12.2. The smallest absolute Gasteiger partial charge is 0.251 e. The fourth-order valence-corrected chi connectivity index (χ4v) is 2.31. The number of nitrogens with one attached hydrogen (secondary N) is 1. The van der Waals surface area contributed by atoms with Crippen LogP contribution >= 0.6 is 12.4 Å². The first-order chi connectivity index (χ1) is 8.70. The number of amides is 1. The third-order valence-corrected chi connectivity index (χ3v) is 3.25. The molecule has 1 N–H and O–H groups in total. The van der Waals surface area contributed by atoms with Gasteiger partial charge < -0.3 is 19.7 Å². The molecule has 0 aromatic heterocycles. The van der Waals surface area contributed by atoms with E-state index in [4.69, 9.17) is 9.47 Å². The Morgan fingerprint density at radius 3 is 2.84 bits per heavy atom. The van der Waals surface area contributed by atoms with E-state index < -0.39 is 0 Å². The summed E-state index contributed by atoms with van der Waals surface area (Å²) in [6.07, 6.45) is 1.80. The Hall–Kier alpha value is -0.360.